The second kappa shape index (κ2) is 7.06. The molecule has 25 heavy (non-hydrogen) atoms. The van der Waals surface area contributed by atoms with Gasteiger partial charge in [-0.05, 0) is 24.5 Å². The number of aromatic amines is 1. The van der Waals surface area contributed by atoms with Crippen molar-refractivity contribution in [1.29, 1.82) is 0 Å². The highest BCUT2D eigenvalue weighted by molar-refractivity contribution is 5.83. The lowest BCUT2D eigenvalue weighted by atomic mass is 10.0. The number of aromatic nitrogens is 1. The molecular formula is C19H25N3O3. The summed E-state index contributed by atoms with van der Waals surface area (Å²) in [6.45, 7) is 3.40. The molecule has 3 heterocycles. The number of aryl methyl sites for hydroxylation is 1. The van der Waals surface area contributed by atoms with E-state index in [0.29, 0.717) is 32.8 Å². The second-order valence-electron chi connectivity index (χ2n) is 6.79. The second-order valence-corrected chi connectivity index (χ2v) is 6.79. The van der Waals surface area contributed by atoms with Gasteiger partial charge in [0.1, 0.15) is 0 Å². The minimum Gasteiger partial charge on any atom is -0.361 e. The number of hydrogen-bond donors (Lipinski definition) is 2. The number of amides is 2. The predicted octanol–water partition coefficient (Wildman–Crippen LogP) is 2.65. The summed E-state index contributed by atoms with van der Waals surface area (Å²) in [6, 6.07) is 8.33. The summed E-state index contributed by atoms with van der Waals surface area (Å²) in [5.74, 6) is -0.424. The van der Waals surface area contributed by atoms with Gasteiger partial charge in [-0.15, -0.1) is 0 Å². The summed E-state index contributed by atoms with van der Waals surface area (Å²) in [7, 11) is 0. The van der Waals surface area contributed by atoms with Crippen molar-refractivity contribution in [3.63, 3.8) is 0 Å². The first-order valence-corrected chi connectivity index (χ1v) is 9.11. The van der Waals surface area contributed by atoms with Gasteiger partial charge in [-0.3, -0.25) is 0 Å². The Balaban J connectivity index is 1.20. The highest BCUT2D eigenvalue weighted by atomic mass is 16.7. The number of H-pyrrole nitrogens is 1. The zero-order valence-corrected chi connectivity index (χ0v) is 14.4. The van der Waals surface area contributed by atoms with Crippen LogP contribution in [0.2, 0.25) is 0 Å². The molecule has 1 aromatic carbocycles. The van der Waals surface area contributed by atoms with Crippen molar-refractivity contribution in [2.45, 2.75) is 31.5 Å². The van der Waals surface area contributed by atoms with Crippen LogP contribution in [-0.4, -0.2) is 54.6 Å². The van der Waals surface area contributed by atoms with Crippen molar-refractivity contribution in [2.75, 3.05) is 32.8 Å². The first-order chi connectivity index (χ1) is 12.3. The molecule has 2 aliphatic rings. The Hall–Kier alpha value is -2.05. The molecule has 4 rings (SSSR count). The molecule has 134 valence electrons. The normalized spacial score (nSPS) is 19.6. The summed E-state index contributed by atoms with van der Waals surface area (Å²) < 4.78 is 11.4. The van der Waals surface area contributed by atoms with Gasteiger partial charge in [0.05, 0.1) is 13.2 Å². The van der Waals surface area contributed by atoms with Gasteiger partial charge >= 0.3 is 6.03 Å². The van der Waals surface area contributed by atoms with E-state index in [2.05, 4.69) is 34.7 Å². The minimum atomic E-state index is -0.424. The van der Waals surface area contributed by atoms with Gasteiger partial charge in [0.2, 0.25) is 0 Å². The topological polar surface area (TPSA) is 66.6 Å². The van der Waals surface area contributed by atoms with Gasteiger partial charge < -0.3 is 24.7 Å². The van der Waals surface area contributed by atoms with Gasteiger partial charge in [0.25, 0.3) is 0 Å². The number of ether oxygens (including phenoxy) is 2. The third-order valence-electron chi connectivity index (χ3n) is 5.20. The average molecular weight is 343 g/mol. The fraction of sp³-hybridized carbons (Fsp3) is 0.526. The Morgan fingerprint density at radius 2 is 1.96 bits per heavy atom. The van der Waals surface area contributed by atoms with Gasteiger partial charge in [-0.2, -0.15) is 0 Å². The maximum absolute atomic E-state index is 12.3. The fourth-order valence-corrected chi connectivity index (χ4v) is 3.76. The lowest BCUT2D eigenvalue weighted by molar-refractivity contribution is -0.181. The summed E-state index contributed by atoms with van der Waals surface area (Å²) in [6.07, 6.45) is 5.47. The van der Waals surface area contributed by atoms with Gasteiger partial charge in [0, 0.05) is 49.6 Å². The molecule has 0 saturated carbocycles. The summed E-state index contributed by atoms with van der Waals surface area (Å²) in [4.78, 5) is 17.5. The fourth-order valence-electron chi connectivity index (χ4n) is 3.76. The molecule has 0 aliphatic carbocycles. The minimum absolute atomic E-state index is 0.0202. The van der Waals surface area contributed by atoms with E-state index < -0.39 is 5.79 Å². The number of carbonyl (C=O) groups is 1. The molecule has 0 unspecified atom stereocenters. The largest absolute Gasteiger partial charge is 0.361 e. The van der Waals surface area contributed by atoms with Gasteiger partial charge in [0.15, 0.2) is 5.79 Å². The van der Waals surface area contributed by atoms with Gasteiger partial charge in [-0.25, -0.2) is 4.79 Å². The van der Waals surface area contributed by atoms with Crippen LogP contribution >= 0.6 is 0 Å². The number of fused-ring (bicyclic) bond motifs is 1. The summed E-state index contributed by atoms with van der Waals surface area (Å²) in [5, 5.41) is 4.31. The van der Waals surface area contributed by atoms with Crippen LogP contribution in [0.4, 0.5) is 4.79 Å². The Bertz CT molecular complexity index is 726. The number of rotatable bonds is 4. The number of urea groups is 1. The lowest BCUT2D eigenvalue weighted by Gasteiger charge is -2.37. The van der Waals surface area contributed by atoms with Crippen molar-refractivity contribution in [3.8, 4) is 0 Å². The highest BCUT2D eigenvalue weighted by Crippen LogP contribution is 2.31. The van der Waals surface area contributed by atoms with Crippen LogP contribution < -0.4 is 5.32 Å². The Morgan fingerprint density at radius 3 is 2.76 bits per heavy atom. The molecule has 6 heteroatoms. The summed E-state index contributed by atoms with van der Waals surface area (Å²) in [5.41, 5.74) is 2.47. The number of hydrogen-bond acceptors (Lipinski definition) is 3. The first-order valence-electron chi connectivity index (χ1n) is 9.11. The van der Waals surface area contributed by atoms with Crippen molar-refractivity contribution < 1.29 is 14.3 Å². The zero-order chi connectivity index (χ0) is 17.1. The maximum atomic E-state index is 12.3. The quantitative estimate of drug-likeness (QED) is 0.839. The molecule has 2 N–H and O–H groups in total. The van der Waals surface area contributed by atoms with E-state index >= 15 is 0 Å². The van der Waals surface area contributed by atoms with E-state index in [-0.39, 0.29) is 6.03 Å². The third-order valence-corrected chi connectivity index (χ3v) is 5.20. The summed E-state index contributed by atoms with van der Waals surface area (Å²) >= 11 is 0. The number of nitrogens with zero attached hydrogens (tertiary/aromatic N) is 1. The molecule has 2 saturated heterocycles. The van der Waals surface area contributed by atoms with E-state index in [9.17, 15) is 4.79 Å². The van der Waals surface area contributed by atoms with Crippen LogP contribution in [-0.2, 0) is 15.9 Å². The number of piperidine rings is 1. The standard InChI is InChI=1S/C19H25N3O3/c23-18(22-10-7-19(8-11-22)24-12-13-25-19)20-9-3-4-15-14-21-17-6-2-1-5-16(15)17/h1-2,5-6,14,21H,3-4,7-13H2,(H,20,23). The lowest BCUT2D eigenvalue weighted by Crippen LogP contribution is -2.50. The molecule has 6 nitrogen and oxygen atoms in total. The first kappa shape index (κ1) is 16.4. The van der Waals surface area contributed by atoms with Crippen molar-refractivity contribution in [1.82, 2.24) is 15.2 Å². The van der Waals surface area contributed by atoms with Crippen LogP contribution in [0.1, 0.15) is 24.8 Å². The Kier molecular flexibility index (Phi) is 4.63. The Morgan fingerprint density at radius 1 is 1.20 bits per heavy atom. The molecule has 2 aromatic rings. The number of benzene rings is 1. The number of carbonyl (C=O) groups excluding carboxylic acids is 1. The van der Waals surface area contributed by atoms with Crippen LogP contribution in [0.3, 0.4) is 0 Å². The monoisotopic (exact) mass is 343 g/mol. The van der Waals surface area contributed by atoms with Crippen LogP contribution in [0.15, 0.2) is 30.5 Å². The smallest absolute Gasteiger partial charge is 0.317 e. The van der Waals surface area contributed by atoms with Crippen molar-refractivity contribution in [2.24, 2.45) is 0 Å². The Labute approximate surface area is 147 Å². The number of likely N-dealkylation sites (tertiary alicyclic amines) is 1. The zero-order valence-electron chi connectivity index (χ0n) is 14.4. The molecule has 0 atom stereocenters. The van der Waals surface area contributed by atoms with E-state index in [1.165, 1.54) is 16.5 Å². The molecule has 1 aromatic heterocycles. The van der Waals surface area contributed by atoms with E-state index in [1.807, 2.05) is 11.0 Å². The van der Waals surface area contributed by atoms with Crippen molar-refractivity contribution >= 4 is 16.9 Å². The predicted molar refractivity (Wildman–Crippen MR) is 95.5 cm³/mol. The van der Waals surface area contributed by atoms with Crippen molar-refractivity contribution in [3.05, 3.63) is 36.0 Å². The van der Waals surface area contributed by atoms with Crippen LogP contribution in [0, 0.1) is 0 Å². The van der Waals surface area contributed by atoms with E-state index in [1.54, 1.807) is 0 Å². The molecule has 2 amide bonds. The number of para-hydroxylation sites is 1. The SMILES string of the molecule is O=C(NCCCc1c[nH]c2ccccc12)N1CCC2(CC1)OCCO2. The third kappa shape index (κ3) is 3.50. The van der Waals surface area contributed by atoms with Crippen LogP contribution in [0.25, 0.3) is 10.9 Å². The molecular weight excluding hydrogens is 318 g/mol. The van der Waals surface area contributed by atoms with Crippen LogP contribution in [0.5, 0.6) is 0 Å². The molecule has 2 fully saturated rings. The molecule has 0 radical (unpaired) electrons. The number of nitrogens with one attached hydrogen (secondary N) is 2. The molecule has 2 aliphatic heterocycles. The van der Waals surface area contributed by atoms with E-state index in [4.69, 9.17) is 9.47 Å². The highest BCUT2D eigenvalue weighted by Gasteiger charge is 2.40. The molecule has 1 spiro atoms. The van der Waals surface area contributed by atoms with Gasteiger partial charge in [-0.1, -0.05) is 18.2 Å². The molecule has 0 bridgehead atoms. The van der Waals surface area contributed by atoms with E-state index in [0.717, 1.165) is 25.7 Å². The maximum Gasteiger partial charge on any atom is 0.317 e. The average Bonchev–Trinajstić information content (AvgIpc) is 3.27.